The molecule has 34 heavy (non-hydrogen) atoms. The van der Waals surface area contributed by atoms with Crippen molar-refractivity contribution in [2.75, 3.05) is 0 Å². The van der Waals surface area contributed by atoms with E-state index in [4.69, 9.17) is 22.7 Å². The summed E-state index contributed by atoms with van der Waals surface area (Å²) in [6.07, 6.45) is 0. The Morgan fingerprint density at radius 3 is 1.50 bits per heavy atom. The molecule has 7 bridgehead atoms. The van der Waals surface area contributed by atoms with Crippen LogP contribution >= 0.6 is 0 Å². The summed E-state index contributed by atoms with van der Waals surface area (Å²) in [5.74, 6) is -6.12. The summed E-state index contributed by atoms with van der Waals surface area (Å²) in [5.41, 5.74) is -1.74. The van der Waals surface area contributed by atoms with Gasteiger partial charge in [-0.05, 0) is 45.8 Å². The molecule has 0 saturated carbocycles. The standard InChI is InChI=1S/C20H10O12.2Al/c21-15(22)6-1-5-2-8-9(4-7(5)10(3-6)16(23)24)12(18(27)28)14(20(31)32)13(19(29)30)11(8)17(25)26;;/h1-4H,(H,21,22)(H,23,24)(H,25,26)(H,27,28)(H,29,30)(H,31,32);;/q;2*+3/p-6. The summed E-state index contributed by atoms with van der Waals surface area (Å²) in [5, 5.41) is 0.669. The highest BCUT2D eigenvalue weighted by molar-refractivity contribution is 6.51. The van der Waals surface area contributed by atoms with E-state index >= 15 is 0 Å². The van der Waals surface area contributed by atoms with E-state index in [2.05, 4.69) is 0 Å². The van der Waals surface area contributed by atoms with Crippen LogP contribution in [0.4, 0.5) is 0 Å². The Bertz CT molecular complexity index is 1640. The SMILES string of the molecule is O=C1[O][Al]2[O]C(=O)c3cc1cc1cc4c5c6c(c(c4cc31)C(=O)[O]2)C(=O)[O][Al]([O]C6=O)[O]C5=O. The topological polar surface area (TPSA) is 158 Å². The zero-order chi connectivity index (χ0) is 23.5. The Hall–Kier alpha value is -3.94. The molecule has 0 fully saturated rings. The van der Waals surface area contributed by atoms with Gasteiger partial charge < -0.3 is 22.7 Å². The minimum Gasteiger partial charge on any atom is -0.547 e. The van der Waals surface area contributed by atoms with Crippen molar-refractivity contribution in [3.8, 4) is 0 Å². The van der Waals surface area contributed by atoms with Crippen molar-refractivity contribution in [1.82, 2.24) is 0 Å². The lowest BCUT2D eigenvalue weighted by Crippen LogP contribution is -2.37. The highest BCUT2D eigenvalue weighted by atomic mass is 27.3. The van der Waals surface area contributed by atoms with Crippen molar-refractivity contribution < 1.29 is 51.5 Å². The van der Waals surface area contributed by atoms with Crippen LogP contribution in [0.25, 0.3) is 21.5 Å². The smallest absolute Gasteiger partial charge is 0.547 e. The van der Waals surface area contributed by atoms with Crippen LogP contribution in [-0.2, 0) is 22.7 Å². The maximum atomic E-state index is 13.3. The summed E-state index contributed by atoms with van der Waals surface area (Å²) < 4.78 is 30.8. The minimum atomic E-state index is -3.74. The van der Waals surface area contributed by atoms with Crippen LogP contribution in [0.1, 0.15) is 62.1 Å². The molecular weight excluding hydrogens is 486 g/mol. The molecule has 0 N–H and O–H groups in total. The lowest BCUT2D eigenvalue weighted by atomic mass is 9.86. The minimum absolute atomic E-state index is 0.00490. The molecule has 7 rings (SSSR count). The average molecular weight is 490 g/mol. The normalized spacial score (nSPS) is 17.9. The van der Waals surface area contributed by atoms with Gasteiger partial charge in [0.2, 0.25) is 0 Å². The molecule has 0 spiro atoms. The molecule has 0 unspecified atom stereocenters. The number of hydrogen-bond donors (Lipinski definition) is 0. The molecule has 3 aromatic carbocycles. The molecule has 4 aliphatic heterocycles. The van der Waals surface area contributed by atoms with Gasteiger partial charge in [-0.1, -0.05) is 0 Å². The number of rotatable bonds is 0. The van der Waals surface area contributed by atoms with Crippen LogP contribution in [0.5, 0.6) is 0 Å². The van der Waals surface area contributed by atoms with Crippen molar-refractivity contribution >= 4 is 87.7 Å². The van der Waals surface area contributed by atoms with E-state index in [0.29, 0.717) is 5.39 Å². The van der Waals surface area contributed by atoms with E-state index in [1.165, 1.54) is 24.3 Å². The Labute approximate surface area is 196 Å². The summed E-state index contributed by atoms with van der Waals surface area (Å²) in [6.45, 7) is 0. The third-order valence-electron chi connectivity index (χ3n) is 5.87. The van der Waals surface area contributed by atoms with Crippen molar-refractivity contribution in [3.63, 3.8) is 0 Å². The molecule has 4 aliphatic rings. The van der Waals surface area contributed by atoms with Gasteiger partial charge in [-0.2, -0.15) is 0 Å². The predicted octanol–water partition coefficient (Wildman–Crippen LogP) is 0.958. The van der Waals surface area contributed by atoms with Crippen molar-refractivity contribution in [3.05, 3.63) is 57.6 Å². The van der Waals surface area contributed by atoms with Crippen LogP contribution in [0.2, 0.25) is 0 Å². The number of hydrogen-bond acceptors (Lipinski definition) is 12. The third kappa shape index (κ3) is 2.43. The second-order valence-electron chi connectivity index (χ2n) is 7.65. The van der Waals surface area contributed by atoms with Gasteiger partial charge in [-0.3, -0.25) is 0 Å². The van der Waals surface area contributed by atoms with Gasteiger partial charge in [-0.15, -0.1) is 0 Å². The molecule has 14 heteroatoms. The first-order valence-electron chi connectivity index (χ1n) is 9.67. The van der Waals surface area contributed by atoms with Crippen LogP contribution in [0.3, 0.4) is 0 Å². The van der Waals surface area contributed by atoms with Gasteiger partial charge in [0.25, 0.3) is 0 Å². The monoisotopic (exact) mass is 490 g/mol. The number of carbonyl (C=O) groups excluding carboxylic acids is 6. The predicted molar refractivity (Wildman–Crippen MR) is 105 cm³/mol. The molecule has 0 saturated heterocycles. The lowest BCUT2D eigenvalue weighted by Gasteiger charge is -2.23. The van der Waals surface area contributed by atoms with Crippen molar-refractivity contribution in [1.29, 1.82) is 0 Å². The van der Waals surface area contributed by atoms with E-state index < -0.39 is 82.8 Å². The molecule has 0 aliphatic carbocycles. The second kappa shape index (κ2) is 6.35. The quantitative estimate of drug-likeness (QED) is 0.325. The molecule has 0 aromatic heterocycles. The van der Waals surface area contributed by atoms with Gasteiger partial charge in [0.1, 0.15) is 0 Å². The van der Waals surface area contributed by atoms with Gasteiger partial charge in [-0.25, -0.2) is 28.8 Å². The first-order chi connectivity index (χ1) is 16.3. The summed E-state index contributed by atoms with van der Waals surface area (Å²) >= 11 is -7.27. The van der Waals surface area contributed by atoms with Gasteiger partial charge >= 0.3 is 66.1 Å². The summed E-state index contributed by atoms with van der Waals surface area (Å²) in [4.78, 5) is 77.4. The first-order valence-corrected chi connectivity index (χ1v) is 12.5. The van der Waals surface area contributed by atoms with Crippen molar-refractivity contribution in [2.24, 2.45) is 0 Å². The summed E-state index contributed by atoms with van der Waals surface area (Å²) in [6, 6.07) is 5.48. The molecule has 162 valence electrons. The molecule has 0 atom stereocenters. The number of carbonyl (C=O) groups is 6. The van der Waals surface area contributed by atoms with E-state index in [1.807, 2.05) is 0 Å². The molecule has 12 nitrogen and oxygen atoms in total. The highest BCUT2D eigenvalue weighted by Crippen LogP contribution is 2.40. The van der Waals surface area contributed by atoms with E-state index in [9.17, 15) is 28.8 Å². The van der Waals surface area contributed by atoms with E-state index in [-0.39, 0.29) is 32.8 Å². The molecule has 0 radical (unpaired) electrons. The largest absolute Gasteiger partial charge is 1.20 e. The fourth-order valence-corrected chi connectivity index (χ4v) is 6.57. The maximum Gasteiger partial charge on any atom is 1.20 e. The fourth-order valence-electron chi connectivity index (χ4n) is 4.50. The van der Waals surface area contributed by atoms with Gasteiger partial charge in [0.15, 0.2) is 0 Å². The lowest BCUT2D eigenvalue weighted by molar-refractivity contribution is 0.0378. The molecule has 0 amide bonds. The third-order valence-corrected chi connectivity index (χ3v) is 8.31. The zero-order valence-electron chi connectivity index (χ0n) is 16.4. The number of fused-ring (bicyclic) bond motifs is 7. The molecular formula is C20H4Al2O12. The Balaban J connectivity index is 1.77. The Kier molecular flexibility index (Phi) is 3.64. The van der Waals surface area contributed by atoms with Gasteiger partial charge in [0.05, 0.1) is 33.4 Å². The van der Waals surface area contributed by atoms with Crippen LogP contribution in [0, 0.1) is 0 Å². The van der Waals surface area contributed by atoms with Gasteiger partial charge in [0, 0.05) is 0 Å². The summed E-state index contributed by atoms with van der Waals surface area (Å²) in [7, 11) is 0. The number of benzene rings is 3. The Morgan fingerprint density at radius 1 is 0.441 bits per heavy atom. The molecule has 3 aromatic rings. The highest BCUT2D eigenvalue weighted by Gasteiger charge is 2.58. The van der Waals surface area contributed by atoms with Crippen molar-refractivity contribution in [2.45, 2.75) is 0 Å². The fraction of sp³-hybridized carbons (Fsp3) is 0. The van der Waals surface area contributed by atoms with E-state index in [1.54, 1.807) is 0 Å². The first kappa shape index (κ1) is 19.5. The van der Waals surface area contributed by atoms with E-state index in [0.717, 1.165) is 0 Å². The van der Waals surface area contributed by atoms with Crippen LogP contribution in [-0.4, -0.2) is 66.1 Å². The Morgan fingerprint density at radius 2 is 0.912 bits per heavy atom. The second-order valence-corrected chi connectivity index (χ2v) is 10.2. The molecule has 4 heterocycles. The van der Waals surface area contributed by atoms with Crippen LogP contribution in [0.15, 0.2) is 24.3 Å². The van der Waals surface area contributed by atoms with Crippen LogP contribution < -0.4 is 0 Å². The average Bonchev–Trinajstić information content (AvgIpc) is 2.97. The zero-order valence-corrected chi connectivity index (χ0v) is 18.7. The maximum absolute atomic E-state index is 13.3.